The van der Waals surface area contributed by atoms with Gasteiger partial charge in [-0.05, 0) is 48.4 Å². The standard InChI is InChI=1S/C25H18ClFN4O/c1-14-2-4-15(5-3-14)23-21-22(30-25-28-13-29-31(23)25)19-12-17(26)8-11-20(19)32-24(21)16-6-9-18(27)10-7-16/h2-13,23-24H,1H3,(H,28,29,30)/t23-,24-/m1/s1. The second-order valence-corrected chi connectivity index (χ2v) is 8.42. The van der Waals surface area contributed by atoms with Crippen LogP contribution in [0.3, 0.4) is 0 Å². The molecule has 0 fully saturated rings. The van der Waals surface area contributed by atoms with Crippen molar-refractivity contribution in [2.45, 2.75) is 19.1 Å². The van der Waals surface area contributed by atoms with E-state index in [1.54, 1.807) is 18.2 Å². The molecule has 6 rings (SSSR count). The molecule has 2 atom stereocenters. The molecule has 0 bridgehead atoms. The molecule has 5 nitrogen and oxygen atoms in total. The maximum atomic E-state index is 13.7. The first-order valence-corrected chi connectivity index (χ1v) is 10.7. The van der Waals surface area contributed by atoms with Gasteiger partial charge in [0.2, 0.25) is 5.95 Å². The highest BCUT2D eigenvalue weighted by atomic mass is 35.5. The molecule has 3 aromatic carbocycles. The van der Waals surface area contributed by atoms with Gasteiger partial charge in [0.1, 0.15) is 30.0 Å². The highest BCUT2D eigenvalue weighted by molar-refractivity contribution is 6.30. The number of benzene rings is 3. The van der Waals surface area contributed by atoms with Crippen LogP contribution in [-0.2, 0) is 0 Å². The summed E-state index contributed by atoms with van der Waals surface area (Å²) in [6.07, 6.45) is 1.09. The number of rotatable bonds is 2. The Morgan fingerprint density at radius 1 is 1.00 bits per heavy atom. The van der Waals surface area contributed by atoms with Crippen LogP contribution in [0.2, 0.25) is 5.02 Å². The Hall–Kier alpha value is -3.64. The summed E-state index contributed by atoms with van der Waals surface area (Å²) in [4.78, 5) is 4.43. The fraction of sp³-hybridized carbons (Fsp3) is 0.120. The number of nitrogens with zero attached hydrogens (tertiary/aromatic N) is 3. The lowest BCUT2D eigenvalue weighted by Crippen LogP contribution is -2.32. The van der Waals surface area contributed by atoms with E-state index in [1.807, 2.05) is 16.8 Å². The van der Waals surface area contributed by atoms with Crippen LogP contribution in [-0.4, -0.2) is 14.8 Å². The largest absolute Gasteiger partial charge is 0.480 e. The van der Waals surface area contributed by atoms with Gasteiger partial charge in [-0.25, -0.2) is 9.07 Å². The van der Waals surface area contributed by atoms with E-state index in [-0.39, 0.29) is 11.9 Å². The fourth-order valence-electron chi connectivity index (χ4n) is 4.42. The molecule has 4 aromatic rings. The van der Waals surface area contributed by atoms with E-state index in [0.717, 1.165) is 28.0 Å². The zero-order valence-electron chi connectivity index (χ0n) is 17.1. The lowest BCUT2D eigenvalue weighted by atomic mass is 9.84. The van der Waals surface area contributed by atoms with Crippen molar-refractivity contribution in [1.29, 1.82) is 0 Å². The van der Waals surface area contributed by atoms with Crippen molar-refractivity contribution >= 4 is 23.2 Å². The fourth-order valence-corrected chi connectivity index (χ4v) is 4.60. The maximum absolute atomic E-state index is 13.7. The molecule has 32 heavy (non-hydrogen) atoms. The molecule has 3 heterocycles. The molecule has 0 aliphatic carbocycles. The van der Waals surface area contributed by atoms with Crippen molar-refractivity contribution in [3.63, 3.8) is 0 Å². The normalized spacial score (nSPS) is 18.8. The van der Waals surface area contributed by atoms with E-state index in [0.29, 0.717) is 16.7 Å². The van der Waals surface area contributed by atoms with Crippen LogP contribution in [0.4, 0.5) is 10.3 Å². The first kappa shape index (κ1) is 19.1. The smallest absolute Gasteiger partial charge is 0.226 e. The number of fused-ring (bicyclic) bond motifs is 3. The van der Waals surface area contributed by atoms with E-state index in [4.69, 9.17) is 16.3 Å². The second-order valence-electron chi connectivity index (χ2n) is 7.99. The van der Waals surface area contributed by atoms with Gasteiger partial charge in [0.25, 0.3) is 0 Å². The lowest BCUT2D eigenvalue weighted by Gasteiger charge is -2.39. The number of hydrogen-bond donors (Lipinski definition) is 1. The molecule has 0 amide bonds. The summed E-state index contributed by atoms with van der Waals surface area (Å²) in [5.41, 5.74) is 5.78. The molecule has 2 aliphatic heterocycles. The van der Waals surface area contributed by atoms with E-state index < -0.39 is 6.10 Å². The zero-order chi connectivity index (χ0) is 21.8. The monoisotopic (exact) mass is 444 g/mol. The molecule has 1 aromatic heterocycles. The quantitative estimate of drug-likeness (QED) is 0.415. The number of aromatic nitrogens is 3. The SMILES string of the molecule is Cc1ccc([C@@H]2C3=C(Nc4ncnn42)c2cc(Cl)ccc2O[C@@H]3c2ccc(F)cc2)cc1. The predicted octanol–water partition coefficient (Wildman–Crippen LogP) is 5.94. The van der Waals surface area contributed by atoms with Crippen molar-refractivity contribution < 1.29 is 9.13 Å². The zero-order valence-corrected chi connectivity index (χ0v) is 17.8. The average Bonchev–Trinajstić information content (AvgIpc) is 3.27. The first-order valence-electron chi connectivity index (χ1n) is 10.3. The van der Waals surface area contributed by atoms with Gasteiger partial charge in [0.05, 0.1) is 5.70 Å². The van der Waals surface area contributed by atoms with Crippen molar-refractivity contribution in [2.75, 3.05) is 5.32 Å². The summed E-state index contributed by atoms with van der Waals surface area (Å²) >= 11 is 6.35. The number of aryl methyl sites for hydroxylation is 1. The van der Waals surface area contributed by atoms with Crippen LogP contribution in [0.15, 0.2) is 78.6 Å². The number of anilines is 1. The number of ether oxygens (including phenoxy) is 1. The van der Waals surface area contributed by atoms with Gasteiger partial charge in [0, 0.05) is 16.2 Å². The van der Waals surface area contributed by atoms with Crippen molar-refractivity contribution in [3.8, 4) is 5.75 Å². The summed E-state index contributed by atoms with van der Waals surface area (Å²) in [5, 5.41) is 8.56. The van der Waals surface area contributed by atoms with Gasteiger partial charge in [-0.2, -0.15) is 10.1 Å². The second kappa shape index (κ2) is 7.21. The minimum atomic E-state index is -0.449. The topological polar surface area (TPSA) is 52.0 Å². The van der Waals surface area contributed by atoms with Gasteiger partial charge in [-0.3, -0.25) is 0 Å². The summed E-state index contributed by atoms with van der Waals surface area (Å²) < 4.78 is 22.1. The van der Waals surface area contributed by atoms with Gasteiger partial charge in [-0.1, -0.05) is 53.6 Å². The third kappa shape index (κ3) is 2.99. The van der Waals surface area contributed by atoms with Crippen LogP contribution in [0.1, 0.15) is 34.4 Å². The minimum Gasteiger partial charge on any atom is -0.480 e. The average molecular weight is 445 g/mol. The Kier molecular flexibility index (Phi) is 4.30. The molecule has 2 aliphatic rings. The summed E-state index contributed by atoms with van der Waals surface area (Å²) in [6, 6.07) is 20.1. The minimum absolute atomic E-state index is 0.258. The molecule has 158 valence electrons. The summed E-state index contributed by atoms with van der Waals surface area (Å²) in [7, 11) is 0. The van der Waals surface area contributed by atoms with Crippen molar-refractivity contribution in [3.05, 3.63) is 112 Å². The Morgan fingerprint density at radius 2 is 1.75 bits per heavy atom. The number of nitrogens with one attached hydrogen (secondary N) is 1. The van der Waals surface area contributed by atoms with Crippen LogP contribution in [0.25, 0.3) is 5.70 Å². The Balaban J connectivity index is 1.63. The van der Waals surface area contributed by atoms with Crippen LogP contribution in [0, 0.1) is 12.7 Å². The Labute approximate surface area is 189 Å². The molecule has 1 N–H and O–H groups in total. The van der Waals surface area contributed by atoms with Gasteiger partial charge in [-0.15, -0.1) is 0 Å². The molecule has 0 spiro atoms. The first-order chi connectivity index (χ1) is 15.6. The molecule has 7 heteroatoms. The molecular formula is C25H18ClFN4O. The van der Waals surface area contributed by atoms with E-state index in [9.17, 15) is 4.39 Å². The van der Waals surface area contributed by atoms with Gasteiger partial charge in [0.15, 0.2) is 0 Å². The number of halogens is 2. The molecular weight excluding hydrogens is 427 g/mol. The van der Waals surface area contributed by atoms with E-state index >= 15 is 0 Å². The Bertz CT molecular complexity index is 1360. The van der Waals surface area contributed by atoms with E-state index in [1.165, 1.54) is 24.0 Å². The van der Waals surface area contributed by atoms with Crippen LogP contribution in [0.5, 0.6) is 5.75 Å². The molecule has 0 saturated carbocycles. The highest BCUT2D eigenvalue weighted by Gasteiger charge is 2.41. The predicted molar refractivity (Wildman–Crippen MR) is 121 cm³/mol. The van der Waals surface area contributed by atoms with Crippen molar-refractivity contribution in [2.24, 2.45) is 0 Å². The highest BCUT2D eigenvalue weighted by Crippen LogP contribution is 2.51. The third-order valence-electron chi connectivity index (χ3n) is 5.94. The van der Waals surface area contributed by atoms with Gasteiger partial charge < -0.3 is 10.1 Å². The third-order valence-corrected chi connectivity index (χ3v) is 6.18. The van der Waals surface area contributed by atoms with Crippen molar-refractivity contribution in [1.82, 2.24) is 14.8 Å². The Morgan fingerprint density at radius 3 is 2.53 bits per heavy atom. The molecule has 0 saturated heterocycles. The summed E-state index contributed by atoms with van der Waals surface area (Å²) in [6.45, 7) is 2.06. The lowest BCUT2D eigenvalue weighted by molar-refractivity contribution is 0.223. The van der Waals surface area contributed by atoms with Crippen LogP contribution < -0.4 is 10.1 Å². The maximum Gasteiger partial charge on any atom is 0.226 e. The van der Waals surface area contributed by atoms with Crippen LogP contribution >= 0.6 is 11.6 Å². The molecule has 0 radical (unpaired) electrons. The number of hydrogen-bond acceptors (Lipinski definition) is 4. The molecule has 0 unspecified atom stereocenters. The van der Waals surface area contributed by atoms with E-state index in [2.05, 4.69) is 46.6 Å². The van der Waals surface area contributed by atoms with Gasteiger partial charge >= 0.3 is 0 Å². The summed E-state index contributed by atoms with van der Waals surface area (Å²) in [5.74, 6) is 1.05.